The largest absolute Gasteiger partial charge is 0.457 e. The topological polar surface area (TPSA) is 35.2 Å². The van der Waals surface area contributed by atoms with Gasteiger partial charge in [-0.2, -0.15) is 13.2 Å². The Bertz CT molecular complexity index is 546. The zero-order chi connectivity index (χ0) is 13.9. The van der Waals surface area contributed by atoms with Crippen LogP contribution in [0.4, 0.5) is 13.2 Å². The standard InChI is InChI=1S/C14H12F3NO.ClH/c15-14(16,17)13(18)10-5-4-8-12(9-10)19-11-6-2-1-3-7-11;/h1-9,13H,18H2;1H/t13-;/m0./s1. The molecule has 0 unspecified atom stereocenters. The monoisotopic (exact) mass is 303 g/mol. The van der Waals surface area contributed by atoms with Crippen LogP contribution >= 0.6 is 12.4 Å². The molecule has 0 aliphatic heterocycles. The van der Waals surface area contributed by atoms with E-state index in [1.807, 2.05) is 6.07 Å². The van der Waals surface area contributed by atoms with E-state index >= 15 is 0 Å². The Kier molecular flexibility index (Phi) is 5.42. The first-order valence-electron chi connectivity index (χ1n) is 5.62. The molecule has 0 fully saturated rings. The molecule has 0 aliphatic rings. The van der Waals surface area contributed by atoms with Crippen molar-refractivity contribution in [2.45, 2.75) is 12.2 Å². The third kappa shape index (κ3) is 4.15. The third-order valence-electron chi connectivity index (χ3n) is 2.55. The number of ether oxygens (including phenoxy) is 1. The number of para-hydroxylation sites is 1. The quantitative estimate of drug-likeness (QED) is 0.908. The van der Waals surface area contributed by atoms with Gasteiger partial charge in [0.25, 0.3) is 0 Å². The van der Waals surface area contributed by atoms with Crippen LogP contribution in [0.1, 0.15) is 11.6 Å². The fourth-order valence-corrected chi connectivity index (χ4v) is 1.59. The lowest BCUT2D eigenvalue weighted by atomic mass is 10.1. The van der Waals surface area contributed by atoms with Gasteiger partial charge < -0.3 is 10.5 Å². The van der Waals surface area contributed by atoms with Crippen molar-refractivity contribution in [3.05, 3.63) is 60.2 Å². The fraction of sp³-hybridized carbons (Fsp3) is 0.143. The molecule has 2 aromatic carbocycles. The van der Waals surface area contributed by atoms with E-state index in [1.54, 1.807) is 30.3 Å². The number of rotatable bonds is 3. The fourth-order valence-electron chi connectivity index (χ4n) is 1.59. The van der Waals surface area contributed by atoms with Crippen molar-refractivity contribution in [1.82, 2.24) is 0 Å². The van der Waals surface area contributed by atoms with Gasteiger partial charge in [-0.3, -0.25) is 0 Å². The SMILES string of the molecule is Cl.N[C@@H](c1cccc(Oc2ccccc2)c1)C(F)(F)F. The van der Waals surface area contributed by atoms with Crippen molar-refractivity contribution in [3.63, 3.8) is 0 Å². The highest BCUT2D eigenvalue weighted by Gasteiger charge is 2.37. The summed E-state index contributed by atoms with van der Waals surface area (Å²) in [7, 11) is 0. The summed E-state index contributed by atoms with van der Waals surface area (Å²) in [4.78, 5) is 0. The molecule has 6 heteroatoms. The molecule has 0 saturated heterocycles. The summed E-state index contributed by atoms with van der Waals surface area (Å²) in [6.45, 7) is 0. The summed E-state index contributed by atoms with van der Waals surface area (Å²) in [5.41, 5.74) is 5.13. The van der Waals surface area contributed by atoms with Crippen LogP contribution in [0, 0.1) is 0 Å². The second-order valence-corrected chi connectivity index (χ2v) is 4.01. The number of alkyl halides is 3. The van der Waals surface area contributed by atoms with Crippen LogP contribution in [0.15, 0.2) is 54.6 Å². The van der Waals surface area contributed by atoms with Gasteiger partial charge in [0.1, 0.15) is 17.5 Å². The van der Waals surface area contributed by atoms with Crippen LogP contribution in [0.5, 0.6) is 11.5 Å². The third-order valence-corrected chi connectivity index (χ3v) is 2.55. The number of nitrogens with two attached hydrogens (primary N) is 1. The molecule has 20 heavy (non-hydrogen) atoms. The molecule has 0 saturated carbocycles. The summed E-state index contributed by atoms with van der Waals surface area (Å²) < 4.78 is 43.0. The molecule has 0 aromatic heterocycles. The van der Waals surface area contributed by atoms with Crippen LogP contribution in [0.25, 0.3) is 0 Å². The van der Waals surface area contributed by atoms with Gasteiger partial charge in [0.2, 0.25) is 0 Å². The van der Waals surface area contributed by atoms with Crippen LogP contribution < -0.4 is 10.5 Å². The highest BCUT2D eigenvalue weighted by atomic mass is 35.5. The van der Waals surface area contributed by atoms with Crippen LogP contribution in [0.2, 0.25) is 0 Å². The number of halogens is 4. The van der Waals surface area contributed by atoms with Gasteiger partial charge in [0.15, 0.2) is 0 Å². The minimum absolute atomic E-state index is 0. The summed E-state index contributed by atoms with van der Waals surface area (Å²) >= 11 is 0. The van der Waals surface area contributed by atoms with E-state index in [-0.39, 0.29) is 18.0 Å². The molecule has 2 N–H and O–H groups in total. The lowest BCUT2D eigenvalue weighted by Crippen LogP contribution is -2.28. The Hall–Kier alpha value is -1.72. The lowest BCUT2D eigenvalue weighted by molar-refractivity contribution is -0.149. The maximum atomic E-state index is 12.5. The Labute approximate surface area is 120 Å². The van der Waals surface area contributed by atoms with Crippen molar-refractivity contribution < 1.29 is 17.9 Å². The first-order chi connectivity index (χ1) is 8.97. The Morgan fingerprint density at radius 1 is 0.900 bits per heavy atom. The first kappa shape index (κ1) is 16.3. The zero-order valence-corrected chi connectivity index (χ0v) is 11.1. The minimum Gasteiger partial charge on any atom is -0.457 e. The minimum atomic E-state index is -4.47. The number of hydrogen-bond acceptors (Lipinski definition) is 2. The van der Waals surface area contributed by atoms with Gasteiger partial charge in [-0.1, -0.05) is 30.3 Å². The van der Waals surface area contributed by atoms with E-state index in [4.69, 9.17) is 10.5 Å². The molecule has 0 amide bonds. The number of hydrogen-bond donors (Lipinski definition) is 1. The van der Waals surface area contributed by atoms with Gasteiger partial charge in [0.05, 0.1) is 0 Å². The molecular weight excluding hydrogens is 291 g/mol. The number of benzene rings is 2. The second kappa shape index (κ2) is 6.63. The summed E-state index contributed by atoms with van der Waals surface area (Å²) in [5.74, 6) is 0.878. The van der Waals surface area contributed by atoms with Gasteiger partial charge >= 0.3 is 6.18 Å². The molecule has 0 aliphatic carbocycles. The summed E-state index contributed by atoms with van der Waals surface area (Å²) in [6, 6.07) is 12.5. The van der Waals surface area contributed by atoms with E-state index in [9.17, 15) is 13.2 Å². The first-order valence-corrected chi connectivity index (χ1v) is 5.62. The van der Waals surface area contributed by atoms with Crippen molar-refractivity contribution in [2.75, 3.05) is 0 Å². The van der Waals surface area contributed by atoms with Gasteiger partial charge in [-0.25, -0.2) is 0 Å². The molecule has 1 atom stereocenters. The van der Waals surface area contributed by atoms with Crippen LogP contribution in [-0.4, -0.2) is 6.18 Å². The molecule has 0 bridgehead atoms. The predicted octanol–water partition coefficient (Wildman–Crippen LogP) is 4.46. The van der Waals surface area contributed by atoms with E-state index in [0.717, 1.165) is 0 Å². The predicted molar refractivity (Wildman–Crippen MR) is 73.2 cm³/mol. The van der Waals surface area contributed by atoms with Crippen molar-refractivity contribution in [2.24, 2.45) is 5.73 Å². The Morgan fingerprint density at radius 3 is 2.10 bits per heavy atom. The molecular formula is C14H13ClF3NO. The van der Waals surface area contributed by atoms with E-state index in [2.05, 4.69) is 0 Å². The van der Waals surface area contributed by atoms with E-state index in [0.29, 0.717) is 11.5 Å². The highest BCUT2D eigenvalue weighted by Crippen LogP contribution is 2.32. The smallest absolute Gasteiger partial charge is 0.407 e. The summed E-state index contributed by atoms with van der Waals surface area (Å²) in [6.07, 6.45) is -4.47. The molecule has 2 nitrogen and oxygen atoms in total. The summed E-state index contributed by atoms with van der Waals surface area (Å²) in [5, 5.41) is 0. The average Bonchev–Trinajstić information content (AvgIpc) is 2.38. The maximum Gasteiger partial charge on any atom is 0.407 e. The molecule has 0 radical (unpaired) electrons. The normalized spacial score (nSPS) is 12.4. The average molecular weight is 304 g/mol. The van der Waals surface area contributed by atoms with Gasteiger partial charge in [0, 0.05) is 0 Å². The van der Waals surface area contributed by atoms with Gasteiger partial charge in [-0.15, -0.1) is 12.4 Å². The van der Waals surface area contributed by atoms with Gasteiger partial charge in [-0.05, 0) is 29.8 Å². The molecule has 0 spiro atoms. The van der Waals surface area contributed by atoms with Crippen molar-refractivity contribution in [3.8, 4) is 11.5 Å². The van der Waals surface area contributed by atoms with E-state index in [1.165, 1.54) is 18.2 Å². The molecule has 2 aromatic rings. The van der Waals surface area contributed by atoms with Crippen molar-refractivity contribution >= 4 is 12.4 Å². The second-order valence-electron chi connectivity index (χ2n) is 4.01. The lowest BCUT2D eigenvalue weighted by Gasteiger charge is -2.16. The molecule has 0 heterocycles. The highest BCUT2D eigenvalue weighted by molar-refractivity contribution is 5.85. The Balaban J connectivity index is 0.00000200. The molecule has 2 rings (SSSR count). The zero-order valence-electron chi connectivity index (χ0n) is 10.3. The Morgan fingerprint density at radius 2 is 1.50 bits per heavy atom. The van der Waals surface area contributed by atoms with E-state index < -0.39 is 12.2 Å². The molecule has 108 valence electrons. The van der Waals surface area contributed by atoms with Crippen LogP contribution in [0.3, 0.4) is 0 Å². The maximum absolute atomic E-state index is 12.5. The van der Waals surface area contributed by atoms with Crippen LogP contribution in [-0.2, 0) is 0 Å². The van der Waals surface area contributed by atoms with Crippen molar-refractivity contribution in [1.29, 1.82) is 0 Å².